The van der Waals surface area contributed by atoms with E-state index >= 15 is 0 Å². The van der Waals surface area contributed by atoms with Gasteiger partial charge in [-0.2, -0.15) is 0 Å². The van der Waals surface area contributed by atoms with Gasteiger partial charge in [0.2, 0.25) is 5.91 Å². The highest BCUT2D eigenvalue weighted by atomic mass is 16.2. The lowest BCUT2D eigenvalue weighted by atomic mass is 9.69. The zero-order valence-corrected chi connectivity index (χ0v) is 16.4. The van der Waals surface area contributed by atoms with Crippen molar-refractivity contribution < 1.29 is 4.79 Å². The number of hydrogen-bond acceptors (Lipinski definition) is 2. The fraction of sp³-hybridized carbons (Fsp3) is 0.545. The minimum Gasteiger partial charge on any atom is -0.342 e. The smallest absolute Gasteiger partial charge is 0.223 e. The second kappa shape index (κ2) is 7.65. The number of nitrogens with zero attached hydrogens (tertiary/aromatic N) is 2. The predicted molar refractivity (Wildman–Crippen MR) is 105 cm³/mol. The molecule has 1 atom stereocenters. The van der Waals surface area contributed by atoms with Crippen molar-refractivity contribution in [3.05, 3.63) is 54.1 Å². The van der Waals surface area contributed by atoms with E-state index in [1.807, 2.05) is 36.0 Å². The van der Waals surface area contributed by atoms with E-state index in [2.05, 4.69) is 43.2 Å². The van der Waals surface area contributed by atoms with Crippen LogP contribution >= 0.6 is 0 Å². The first-order valence-electron chi connectivity index (χ1n) is 9.69. The van der Waals surface area contributed by atoms with Gasteiger partial charge in [0.05, 0.1) is 0 Å². The second-order valence-corrected chi connectivity index (χ2v) is 8.66. The number of hydrogen-bond donors (Lipinski definition) is 1. The maximum atomic E-state index is 13.0. The maximum absolute atomic E-state index is 13.0. The Morgan fingerprint density at radius 2 is 1.81 bits per heavy atom. The molecule has 0 aliphatic heterocycles. The van der Waals surface area contributed by atoms with E-state index in [1.54, 1.807) is 6.20 Å². The van der Waals surface area contributed by atoms with Gasteiger partial charge in [-0.3, -0.25) is 4.79 Å². The average molecular weight is 354 g/mol. The molecule has 3 rings (SSSR count). The van der Waals surface area contributed by atoms with Crippen molar-refractivity contribution in [1.82, 2.24) is 14.9 Å². The summed E-state index contributed by atoms with van der Waals surface area (Å²) < 4.78 is 1.98. The van der Waals surface area contributed by atoms with Crippen molar-refractivity contribution in [2.24, 2.45) is 24.3 Å². The Morgan fingerprint density at radius 1 is 1.15 bits per heavy atom. The van der Waals surface area contributed by atoms with Crippen molar-refractivity contribution in [1.29, 1.82) is 0 Å². The number of aryl methyl sites for hydroxylation is 1. The summed E-state index contributed by atoms with van der Waals surface area (Å²) in [7, 11) is 1.97. The van der Waals surface area contributed by atoms with Gasteiger partial charge < -0.3 is 9.88 Å². The minimum atomic E-state index is -0.205. The Balaban J connectivity index is 1.72. The van der Waals surface area contributed by atoms with E-state index in [4.69, 9.17) is 0 Å². The standard InChI is InChI=1S/C22H31N3O/c1-22(2,3)18-12-10-17(11-13-18)21(26)24-19(16-8-6-5-7-9-16)20-23-14-15-25(20)4/h5-9,14-15,17-19H,10-13H2,1-4H3,(H,24,26). The molecule has 1 N–H and O–H groups in total. The highest BCUT2D eigenvalue weighted by Gasteiger charge is 2.33. The third kappa shape index (κ3) is 4.17. The topological polar surface area (TPSA) is 46.9 Å². The molecule has 1 aliphatic carbocycles. The first-order chi connectivity index (χ1) is 12.4. The van der Waals surface area contributed by atoms with Crippen LogP contribution in [-0.2, 0) is 11.8 Å². The fourth-order valence-corrected chi connectivity index (χ4v) is 4.08. The summed E-state index contributed by atoms with van der Waals surface area (Å²) in [5.41, 5.74) is 1.40. The van der Waals surface area contributed by atoms with Crippen LogP contribution in [0.15, 0.2) is 42.7 Å². The molecular weight excluding hydrogens is 322 g/mol. The van der Waals surface area contributed by atoms with Gasteiger partial charge in [0, 0.05) is 25.4 Å². The van der Waals surface area contributed by atoms with Crippen LogP contribution in [0.3, 0.4) is 0 Å². The number of aromatic nitrogens is 2. The summed E-state index contributed by atoms with van der Waals surface area (Å²) in [4.78, 5) is 17.5. The van der Waals surface area contributed by atoms with E-state index in [0.29, 0.717) is 11.3 Å². The molecule has 1 aliphatic rings. The van der Waals surface area contributed by atoms with Gasteiger partial charge in [0.25, 0.3) is 0 Å². The zero-order chi connectivity index (χ0) is 18.7. The van der Waals surface area contributed by atoms with Crippen LogP contribution in [0.2, 0.25) is 0 Å². The first-order valence-corrected chi connectivity index (χ1v) is 9.69. The monoisotopic (exact) mass is 353 g/mol. The summed E-state index contributed by atoms with van der Waals surface area (Å²) in [5, 5.41) is 3.28. The van der Waals surface area contributed by atoms with Gasteiger partial charge in [-0.25, -0.2) is 4.98 Å². The van der Waals surface area contributed by atoms with Crippen molar-refractivity contribution >= 4 is 5.91 Å². The highest BCUT2D eigenvalue weighted by molar-refractivity contribution is 5.79. The number of imidazole rings is 1. The normalized spacial score (nSPS) is 22.0. The molecule has 2 aromatic rings. The highest BCUT2D eigenvalue weighted by Crippen LogP contribution is 2.40. The minimum absolute atomic E-state index is 0.111. The maximum Gasteiger partial charge on any atom is 0.223 e. The quantitative estimate of drug-likeness (QED) is 0.881. The molecule has 1 heterocycles. The van der Waals surface area contributed by atoms with E-state index in [9.17, 15) is 4.79 Å². The molecule has 0 spiro atoms. The summed E-state index contributed by atoms with van der Waals surface area (Å²) >= 11 is 0. The predicted octanol–water partition coefficient (Wildman–Crippen LogP) is 4.48. The number of carbonyl (C=O) groups excluding carboxylic acids is 1. The van der Waals surface area contributed by atoms with Crippen LogP contribution in [0.5, 0.6) is 0 Å². The van der Waals surface area contributed by atoms with Gasteiger partial charge in [0.15, 0.2) is 0 Å². The van der Waals surface area contributed by atoms with Gasteiger partial charge in [-0.15, -0.1) is 0 Å². The number of nitrogens with one attached hydrogen (secondary N) is 1. The molecular formula is C22H31N3O. The van der Waals surface area contributed by atoms with Crippen LogP contribution in [0, 0.1) is 17.3 Å². The van der Waals surface area contributed by atoms with Crippen molar-refractivity contribution in [3.63, 3.8) is 0 Å². The summed E-state index contributed by atoms with van der Waals surface area (Å²) in [6, 6.07) is 9.91. The molecule has 0 bridgehead atoms. The zero-order valence-electron chi connectivity index (χ0n) is 16.4. The Hall–Kier alpha value is -2.10. The average Bonchev–Trinajstić information content (AvgIpc) is 3.05. The number of rotatable bonds is 4. The summed E-state index contributed by atoms with van der Waals surface area (Å²) in [6.45, 7) is 6.93. The van der Waals surface area contributed by atoms with Crippen LogP contribution in [0.1, 0.15) is 63.9 Å². The van der Waals surface area contributed by atoms with Gasteiger partial charge in [0.1, 0.15) is 11.9 Å². The first kappa shape index (κ1) is 18.7. The van der Waals surface area contributed by atoms with Crippen LogP contribution in [-0.4, -0.2) is 15.5 Å². The fourth-order valence-electron chi connectivity index (χ4n) is 4.08. The van der Waals surface area contributed by atoms with Gasteiger partial charge >= 0.3 is 0 Å². The SMILES string of the molecule is Cn1ccnc1C(NC(=O)C1CCC(C(C)(C)C)CC1)c1ccccc1. The third-order valence-electron chi connectivity index (χ3n) is 5.86. The Morgan fingerprint density at radius 3 is 2.35 bits per heavy atom. The molecule has 1 amide bonds. The third-order valence-corrected chi connectivity index (χ3v) is 5.86. The van der Waals surface area contributed by atoms with Crippen LogP contribution < -0.4 is 5.32 Å². The Labute approximate surface area is 157 Å². The van der Waals surface area contributed by atoms with Crippen LogP contribution in [0.25, 0.3) is 0 Å². The van der Waals surface area contributed by atoms with E-state index in [0.717, 1.165) is 37.1 Å². The van der Waals surface area contributed by atoms with Gasteiger partial charge in [-0.1, -0.05) is 51.1 Å². The molecule has 4 nitrogen and oxygen atoms in total. The lowest BCUT2D eigenvalue weighted by Crippen LogP contribution is -2.38. The van der Waals surface area contributed by atoms with Crippen molar-refractivity contribution in [2.75, 3.05) is 0 Å². The Bertz CT molecular complexity index is 721. The van der Waals surface area contributed by atoms with Gasteiger partial charge in [-0.05, 0) is 42.6 Å². The van der Waals surface area contributed by atoms with E-state index in [1.165, 1.54) is 0 Å². The molecule has 1 saturated carbocycles. The molecule has 140 valence electrons. The molecule has 1 aromatic heterocycles. The van der Waals surface area contributed by atoms with Crippen LogP contribution in [0.4, 0.5) is 0 Å². The lowest BCUT2D eigenvalue weighted by molar-refractivity contribution is -0.127. The van der Waals surface area contributed by atoms with Crippen molar-refractivity contribution in [3.8, 4) is 0 Å². The molecule has 26 heavy (non-hydrogen) atoms. The number of amides is 1. The molecule has 4 heteroatoms. The summed E-state index contributed by atoms with van der Waals surface area (Å²) in [5.74, 6) is 1.85. The molecule has 0 saturated heterocycles. The lowest BCUT2D eigenvalue weighted by Gasteiger charge is -2.36. The number of carbonyl (C=O) groups is 1. The molecule has 1 fully saturated rings. The van der Waals surface area contributed by atoms with E-state index in [-0.39, 0.29) is 17.9 Å². The van der Waals surface area contributed by atoms with Crippen molar-refractivity contribution in [2.45, 2.75) is 52.5 Å². The number of benzene rings is 1. The summed E-state index contributed by atoms with van der Waals surface area (Å²) in [6.07, 6.45) is 7.95. The molecule has 0 radical (unpaired) electrons. The Kier molecular flexibility index (Phi) is 5.49. The second-order valence-electron chi connectivity index (χ2n) is 8.66. The van der Waals surface area contributed by atoms with E-state index < -0.39 is 0 Å². The molecule has 1 unspecified atom stereocenters. The largest absolute Gasteiger partial charge is 0.342 e. The molecule has 1 aromatic carbocycles.